The SMILES string of the molecule is CSc1ncccc1C(=O)N1CCCCC1c1ccccn1. The number of carbonyl (C=O) groups excluding carboxylic acids is 1. The van der Waals surface area contributed by atoms with Crippen LogP contribution in [0, 0.1) is 0 Å². The Balaban J connectivity index is 1.92. The zero-order valence-electron chi connectivity index (χ0n) is 12.6. The third-order valence-electron chi connectivity index (χ3n) is 3.99. The number of carbonyl (C=O) groups is 1. The second-order valence-corrected chi connectivity index (χ2v) is 6.12. The number of piperidine rings is 1. The lowest BCUT2D eigenvalue weighted by atomic mass is 9.98. The third kappa shape index (κ3) is 2.99. The van der Waals surface area contributed by atoms with Crippen molar-refractivity contribution in [3.63, 3.8) is 0 Å². The van der Waals surface area contributed by atoms with Crippen LogP contribution in [0.15, 0.2) is 47.8 Å². The highest BCUT2D eigenvalue weighted by molar-refractivity contribution is 7.98. The maximum atomic E-state index is 13.0. The van der Waals surface area contributed by atoms with Crippen molar-refractivity contribution >= 4 is 17.7 Å². The van der Waals surface area contributed by atoms with Crippen LogP contribution in [-0.2, 0) is 0 Å². The number of hydrogen-bond acceptors (Lipinski definition) is 4. The maximum absolute atomic E-state index is 13.0. The van der Waals surface area contributed by atoms with Crippen LogP contribution in [0.5, 0.6) is 0 Å². The predicted molar refractivity (Wildman–Crippen MR) is 87.9 cm³/mol. The molecule has 0 bridgehead atoms. The molecule has 22 heavy (non-hydrogen) atoms. The van der Waals surface area contributed by atoms with Crippen molar-refractivity contribution in [2.24, 2.45) is 0 Å². The highest BCUT2D eigenvalue weighted by atomic mass is 32.2. The van der Waals surface area contributed by atoms with Gasteiger partial charge in [-0.1, -0.05) is 6.07 Å². The summed E-state index contributed by atoms with van der Waals surface area (Å²) in [5.74, 6) is 0.0628. The van der Waals surface area contributed by atoms with Crippen molar-refractivity contribution in [2.45, 2.75) is 30.3 Å². The maximum Gasteiger partial charge on any atom is 0.257 e. The van der Waals surface area contributed by atoms with Crippen LogP contribution in [0.3, 0.4) is 0 Å². The lowest BCUT2D eigenvalue weighted by Crippen LogP contribution is -2.39. The Morgan fingerprint density at radius 1 is 1.18 bits per heavy atom. The Hall–Kier alpha value is -1.88. The Bertz CT molecular complexity index is 647. The van der Waals surface area contributed by atoms with Gasteiger partial charge in [-0.25, -0.2) is 4.98 Å². The number of aromatic nitrogens is 2. The fourth-order valence-electron chi connectivity index (χ4n) is 2.93. The summed E-state index contributed by atoms with van der Waals surface area (Å²) < 4.78 is 0. The number of thioether (sulfide) groups is 1. The molecule has 1 saturated heterocycles. The molecule has 1 fully saturated rings. The molecular weight excluding hydrogens is 294 g/mol. The second kappa shape index (κ2) is 6.92. The molecule has 1 aliphatic heterocycles. The Labute approximate surface area is 135 Å². The van der Waals surface area contributed by atoms with Crippen molar-refractivity contribution in [1.29, 1.82) is 0 Å². The Morgan fingerprint density at radius 2 is 2.05 bits per heavy atom. The molecule has 2 aromatic heterocycles. The van der Waals surface area contributed by atoms with E-state index in [1.54, 1.807) is 12.4 Å². The number of likely N-dealkylation sites (tertiary alicyclic amines) is 1. The second-order valence-electron chi connectivity index (χ2n) is 5.32. The molecule has 2 aromatic rings. The lowest BCUT2D eigenvalue weighted by Gasteiger charge is -2.35. The lowest BCUT2D eigenvalue weighted by molar-refractivity contribution is 0.0601. The van der Waals surface area contributed by atoms with Crippen molar-refractivity contribution in [1.82, 2.24) is 14.9 Å². The minimum Gasteiger partial charge on any atom is -0.330 e. The zero-order valence-corrected chi connectivity index (χ0v) is 13.4. The third-order valence-corrected chi connectivity index (χ3v) is 4.70. The summed E-state index contributed by atoms with van der Waals surface area (Å²) in [6.07, 6.45) is 8.62. The molecule has 0 aliphatic carbocycles. The first-order valence-corrected chi connectivity index (χ1v) is 8.74. The molecule has 0 spiro atoms. The highest BCUT2D eigenvalue weighted by Gasteiger charge is 2.30. The van der Waals surface area contributed by atoms with Gasteiger partial charge in [0, 0.05) is 18.9 Å². The van der Waals surface area contributed by atoms with E-state index in [4.69, 9.17) is 0 Å². The molecule has 4 nitrogen and oxygen atoms in total. The van der Waals surface area contributed by atoms with Gasteiger partial charge in [-0.3, -0.25) is 9.78 Å². The fourth-order valence-corrected chi connectivity index (χ4v) is 3.47. The largest absolute Gasteiger partial charge is 0.330 e. The molecule has 114 valence electrons. The number of nitrogens with zero attached hydrogens (tertiary/aromatic N) is 3. The minimum absolute atomic E-state index is 0.0628. The average molecular weight is 313 g/mol. The predicted octanol–water partition coefficient (Wildman–Crippen LogP) is 3.57. The minimum atomic E-state index is 0.0628. The molecule has 3 rings (SSSR count). The van der Waals surface area contributed by atoms with Gasteiger partial charge in [0.2, 0.25) is 0 Å². The molecular formula is C17H19N3OS. The summed E-state index contributed by atoms with van der Waals surface area (Å²) in [6.45, 7) is 0.781. The van der Waals surface area contributed by atoms with Crippen LogP contribution in [-0.4, -0.2) is 33.6 Å². The van der Waals surface area contributed by atoms with E-state index in [1.807, 2.05) is 41.5 Å². The summed E-state index contributed by atoms with van der Waals surface area (Å²) in [6, 6.07) is 9.66. The van der Waals surface area contributed by atoms with E-state index in [-0.39, 0.29) is 11.9 Å². The molecule has 1 aliphatic rings. The van der Waals surface area contributed by atoms with E-state index >= 15 is 0 Å². The first-order valence-electron chi connectivity index (χ1n) is 7.52. The van der Waals surface area contributed by atoms with Crippen molar-refractivity contribution in [3.05, 3.63) is 54.0 Å². The summed E-state index contributed by atoms with van der Waals surface area (Å²) in [5.41, 5.74) is 1.67. The average Bonchev–Trinajstić information content (AvgIpc) is 2.62. The van der Waals surface area contributed by atoms with Gasteiger partial charge in [-0.2, -0.15) is 0 Å². The molecule has 0 saturated carbocycles. The van der Waals surface area contributed by atoms with Crippen molar-refractivity contribution in [3.8, 4) is 0 Å². The van der Waals surface area contributed by atoms with Gasteiger partial charge in [0.1, 0.15) is 5.03 Å². The zero-order chi connectivity index (χ0) is 15.4. The quantitative estimate of drug-likeness (QED) is 0.813. The van der Waals surface area contributed by atoms with Crippen LogP contribution in [0.25, 0.3) is 0 Å². The van der Waals surface area contributed by atoms with Gasteiger partial charge < -0.3 is 4.90 Å². The molecule has 1 amide bonds. The van der Waals surface area contributed by atoms with Gasteiger partial charge in [-0.15, -0.1) is 11.8 Å². The molecule has 0 N–H and O–H groups in total. The number of hydrogen-bond donors (Lipinski definition) is 0. The Kier molecular flexibility index (Phi) is 4.73. The van der Waals surface area contributed by atoms with Crippen LogP contribution in [0.1, 0.15) is 41.4 Å². The first-order chi connectivity index (χ1) is 10.8. The number of rotatable bonds is 3. The van der Waals surface area contributed by atoms with Gasteiger partial charge in [0.05, 0.1) is 17.3 Å². The van der Waals surface area contributed by atoms with E-state index in [0.29, 0.717) is 5.56 Å². The van der Waals surface area contributed by atoms with Crippen LogP contribution in [0.2, 0.25) is 0 Å². The summed E-state index contributed by atoms with van der Waals surface area (Å²) in [7, 11) is 0. The topological polar surface area (TPSA) is 46.1 Å². The number of pyridine rings is 2. The monoisotopic (exact) mass is 313 g/mol. The number of amides is 1. The van der Waals surface area contributed by atoms with E-state index < -0.39 is 0 Å². The summed E-state index contributed by atoms with van der Waals surface area (Å²) in [5, 5.41) is 0.790. The van der Waals surface area contributed by atoms with Gasteiger partial charge in [0.25, 0.3) is 5.91 Å². The van der Waals surface area contributed by atoms with Gasteiger partial charge in [-0.05, 0) is 49.8 Å². The van der Waals surface area contributed by atoms with E-state index in [1.165, 1.54) is 11.8 Å². The van der Waals surface area contributed by atoms with E-state index in [2.05, 4.69) is 9.97 Å². The molecule has 0 radical (unpaired) electrons. The van der Waals surface area contributed by atoms with Gasteiger partial charge in [0.15, 0.2) is 0 Å². The normalized spacial score (nSPS) is 18.2. The van der Waals surface area contributed by atoms with Crippen molar-refractivity contribution < 1.29 is 4.79 Å². The van der Waals surface area contributed by atoms with Crippen LogP contribution >= 0.6 is 11.8 Å². The summed E-state index contributed by atoms with van der Waals surface area (Å²) in [4.78, 5) is 23.7. The fraction of sp³-hybridized carbons (Fsp3) is 0.353. The van der Waals surface area contributed by atoms with E-state index in [0.717, 1.165) is 36.5 Å². The standard InChI is InChI=1S/C17H19N3OS/c1-22-16-13(7-6-11-19-16)17(21)20-12-5-3-9-15(20)14-8-2-4-10-18-14/h2,4,6-8,10-11,15H,3,5,9,12H2,1H3. The molecule has 1 atom stereocenters. The van der Waals surface area contributed by atoms with Crippen molar-refractivity contribution in [2.75, 3.05) is 12.8 Å². The molecule has 1 unspecified atom stereocenters. The first kappa shape index (κ1) is 15.0. The smallest absolute Gasteiger partial charge is 0.257 e. The molecule has 0 aromatic carbocycles. The van der Waals surface area contributed by atoms with Gasteiger partial charge >= 0.3 is 0 Å². The summed E-state index contributed by atoms with van der Waals surface area (Å²) >= 11 is 1.51. The Morgan fingerprint density at radius 3 is 2.82 bits per heavy atom. The highest BCUT2D eigenvalue weighted by Crippen LogP contribution is 2.32. The van der Waals surface area contributed by atoms with Crippen LogP contribution < -0.4 is 0 Å². The van der Waals surface area contributed by atoms with E-state index in [9.17, 15) is 4.79 Å². The molecule has 5 heteroatoms. The molecule has 3 heterocycles. The van der Waals surface area contributed by atoms with Crippen LogP contribution in [0.4, 0.5) is 0 Å².